The van der Waals surface area contributed by atoms with Crippen LogP contribution in [0.1, 0.15) is 45.4 Å². The van der Waals surface area contributed by atoms with Gasteiger partial charge in [-0.2, -0.15) is 0 Å². The smallest absolute Gasteiger partial charge is 0.219 e. The fraction of sp³-hybridized carbons (Fsp3) is 0.542. The highest BCUT2D eigenvalue weighted by atomic mass is 16.2. The second-order valence-electron chi connectivity index (χ2n) is 8.95. The quantitative estimate of drug-likeness (QED) is 0.659. The first-order valence-corrected chi connectivity index (χ1v) is 11.5. The first-order chi connectivity index (χ1) is 15.1. The molecule has 0 aromatic carbocycles. The van der Waals surface area contributed by atoms with Gasteiger partial charge in [0.05, 0.1) is 5.69 Å². The molecule has 166 valence electrons. The van der Waals surface area contributed by atoms with Crippen molar-refractivity contribution in [2.45, 2.75) is 57.5 Å². The maximum Gasteiger partial charge on any atom is 0.219 e. The number of carbonyl (C=O) groups excluding carboxylic acids is 1. The number of aromatic nitrogens is 2. The molecule has 1 aliphatic carbocycles. The third kappa shape index (κ3) is 5.94. The van der Waals surface area contributed by atoms with Crippen LogP contribution < -0.4 is 16.4 Å². The van der Waals surface area contributed by atoms with E-state index in [-0.39, 0.29) is 5.91 Å². The van der Waals surface area contributed by atoms with Crippen molar-refractivity contribution in [3.8, 4) is 11.3 Å². The maximum atomic E-state index is 11.7. The zero-order valence-corrected chi connectivity index (χ0v) is 18.4. The van der Waals surface area contributed by atoms with Crippen molar-refractivity contribution in [1.29, 1.82) is 0 Å². The number of pyridine rings is 2. The zero-order chi connectivity index (χ0) is 21.6. The third-order valence-corrected chi connectivity index (χ3v) is 6.46. The summed E-state index contributed by atoms with van der Waals surface area (Å²) in [5.41, 5.74) is 8.00. The summed E-state index contributed by atoms with van der Waals surface area (Å²) in [5.74, 6) is 2.39. The van der Waals surface area contributed by atoms with E-state index in [1.54, 1.807) is 6.92 Å². The van der Waals surface area contributed by atoms with E-state index >= 15 is 0 Å². The molecule has 1 atom stereocenters. The van der Waals surface area contributed by atoms with E-state index in [2.05, 4.69) is 21.7 Å². The number of likely N-dealkylation sites (tertiary alicyclic amines) is 1. The Hall–Kier alpha value is -2.67. The summed E-state index contributed by atoms with van der Waals surface area (Å²) in [4.78, 5) is 22.9. The molecule has 7 nitrogen and oxygen atoms in total. The van der Waals surface area contributed by atoms with E-state index in [1.807, 2.05) is 35.4 Å². The largest absolute Gasteiger partial charge is 0.370 e. The highest BCUT2D eigenvalue weighted by Crippen LogP contribution is 2.24. The molecule has 0 spiro atoms. The fourth-order valence-electron chi connectivity index (χ4n) is 4.60. The molecule has 2 fully saturated rings. The Morgan fingerprint density at radius 2 is 2.00 bits per heavy atom. The summed E-state index contributed by atoms with van der Waals surface area (Å²) in [7, 11) is 0. The molecule has 0 bridgehead atoms. The average molecular weight is 423 g/mol. The number of nitrogens with zero attached hydrogens (tertiary/aromatic N) is 3. The molecule has 4 rings (SSSR count). The van der Waals surface area contributed by atoms with E-state index in [1.165, 1.54) is 0 Å². The minimum Gasteiger partial charge on any atom is -0.370 e. The SMILES string of the molecule is CC(=O)N1CCC[C@@H](CNc2cccc(-c3ccnc(NC4CCC(N)CC4)c3)n2)C1. The van der Waals surface area contributed by atoms with Crippen LogP contribution in [0.2, 0.25) is 0 Å². The van der Waals surface area contributed by atoms with Crippen molar-refractivity contribution >= 4 is 17.5 Å². The molecule has 2 aromatic rings. The lowest BCUT2D eigenvalue weighted by atomic mass is 9.92. The number of hydrogen-bond donors (Lipinski definition) is 3. The monoisotopic (exact) mass is 422 g/mol. The minimum absolute atomic E-state index is 0.169. The highest BCUT2D eigenvalue weighted by molar-refractivity contribution is 5.73. The topological polar surface area (TPSA) is 96.2 Å². The normalized spacial score (nSPS) is 23.9. The number of amides is 1. The van der Waals surface area contributed by atoms with Crippen molar-refractivity contribution in [3.63, 3.8) is 0 Å². The number of nitrogens with two attached hydrogens (primary N) is 1. The Labute approximate surface area is 184 Å². The number of rotatable bonds is 6. The Morgan fingerprint density at radius 3 is 2.81 bits per heavy atom. The standard InChI is InChI=1S/C24H34N6O/c1-17(31)30-13-3-4-18(16-30)15-27-23-6-2-5-22(29-23)19-11-12-26-24(14-19)28-21-9-7-20(25)8-10-21/h2,5-6,11-12,14,18,20-21H,3-4,7-10,13,15-16,25H2,1H3,(H,26,28)(H,27,29)/t18-,20?,21?/m0/s1. The summed E-state index contributed by atoms with van der Waals surface area (Å²) >= 11 is 0. The molecule has 0 radical (unpaired) electrons. The lowest BCUT2D eigenvalue weighted by Gasteiger charge is -2.32. The van der Waals surface area contributed by atoms with Gasteiger partial charge in [0.25, 0.3) is 0 Å². The van der Waals surface area contributed by atoms with Gasteiger partial charge in [-0.15, -0.1) is 0 Å². The predicted octanol–water partition coefficient (Wildman–Crippen LogP) is 3.50. The molecular formula is C24H34N6O. The number of anilines is 2. The van der Waals surface area contributed by atoms with Gasteiger partial charge >= 0.3 is 0 Å². The van der Waals surface area contributed by atoms with Crippen molar-refractivity contribution in [2.75, 3.05) is 30.3 Å². The number of piperidine rings is 1. The molecule has 7 heteroatoms. The van der Waals surface area contributed by atoms with Crippen LogP contribution in [-0.2, 0) is 4.79 Å². The van der Waals surface area contributed by atoms with Gasteiger partial charge in [0.1, 0.15) is 11.6 Å². The summed E-state index contributed by atoms with van der Waals surface area (Å²) in [6.07, 6.45) is 8.36. The molecule has 4 N–H and O–H groups in total. The van der Waals surface area contributed by atoms with Crippen molar-refractivity contribution < 1.29 is 4.79 Å². The van der Waals surface area contributed by atoms with Crippen LogP contribution >= 0.6 is 0 Å². The predicted molar refractivity (Wildman–Crippen MR) is 125 cm³/mol. The van der Waals surface area contributed by atoms with Crippen molar-refractivity contribution in [1.82, 2.24) is 14.9 Å². The van der Waals surface area contributed by atoms with Gasteiger partial charge in [-0.05, 0) is 68.7 Å². The van der Waals surface area contributed by atoms with Crippen LogP contribution in [0.5, 0.6) is 0 Å². The van der Waals surface area contributed by atoms with Crippen molar-refractivity contribution in [3.05, 3.63) is 36.5 Å². The summed E-state index contributed by atoms with van der Waals surface area (Å²) < 4.78 is 0. The lowest BCUT2D eigenvalue weighted by Crippen LogP contribution is -2.40. The Balaban J connectivity index is 1.37. The van der Waals surface area contributed by atoms with Crippen LogP contribution in [0.4, 0.5) is 11.6 Å². The summed E-state index contributed by atoms with van der Waals surface area (Å²) in [5, 5.41) is 7.04. The molecule has 0 unspecified atom stereocenters. The molecule has 2 aliphatic rings. The Morgan fingerprint density at radius 1 is 1.16 bits per heavy atom. The van der Waals surface area contributed by atoms with Gasteiger partial charge in [0.2, 0.25) is 5.91 Å². The zero-order valence-electron chi connectivity index (χ0n) is 18.4. The summed E-state index contributed by atoms with van der Waals surface area (Å²) in [6.45, 7) is 4.19. The average Bonchev–Trinajstić information content (AvgIpc) is 2.80. The van der Waals surface area contributed by atoms with Crippen LogP contribution in [0, 0.1) is 5.92 Å². The van der Waals surface area contributed by atoms with Crippen LogP contribution in [0.3, 0.4) is 0 Å². The fourth-order valence-corrected chi connectivity index (χ4v) is 4.60. The second-order valence-corrected chi connectivity index (χ2v) is 8.95. The Bertz CT molecular complexity index is 880. The van der Waals surface area contributed by atoms with E-state index in [0.717, 1.165) is 81.1 Å². The van der Waals surface area contributed by atoms with E-state index in [0.29, 0.717) is 18.0 Å². The van der Waals surface area contributed by atoms with Gasteiger partial charge < -0.3 is 21.3 Å². The summed E-state index contributed by atoms with van der Waals surface area (Å²) in [6, 6.07) is 10.9. The van der Waals surface area contributed by atoms with Crippen LogP contribution in [0.15, 0.2) is 36.5 Å². The molecule has 1 aliphatic heterocycles. The molecule has 1 amide bonds. The highest BCUT2D eigenvalue weighted by Gasteiger charge is 2.21. The number of hydrogen-bond acceptors (Lipinski definition) is 6. The molecular weight excluding hydrogens is 388 g/mol. The number of nitrogens with one attached hydrogen (secondary N) is 2. The van der Waals surface area contributed by atoms with Gasteiger partial charge in [-0.1, -0.05) is 6.07 Å². The third-order valence-electron chi connectivity index (χ3n) is 6.46. The maximum absolute atomic E-state index is 11.7. The second kappa shape index (κ2) is 10.1. The lowest BCUT2D eigenvalue weighted by molar-refractivity contribution is -0.130. The molecule has 31 heavy (non-hydrogen) atoms. The molecule has 3 heterocycles. The van der Waals surface area contributed by atoms with Gasteiger partial charge in [-0.3, -0.25) is 4.79 Å². The van der Waals surface area contributed by atoms with E-state index in [4.69, 9.17) is 10.7 Å². The molecule has 1 saturated carbocycles. The first kappa shape index (κ1) is 21.6. The van der Waals surface area contributed by atoms with Gasteiger partial charge in [-0.25, -0.2) is 9.97 Å². The minimum atomic E-state index is 0.169. The first-order valence-electron chi connectivity index (χ1n) is 11.5. The van der Waals surface area contributed by atoms with Crippen molar-refractivity contribution in [2.24, 2.45) is 11.7 Å². The van der Waals surface area contributed by atoms with Crippen LogP contribution in [-0.4, -0.2) is 52.5 Å². The Kier molecular flexibility index (Phi) is 7.02. The van der Waals surface area contributed by atoms with E-state index < -0.39 is 0 Å². The van der Waals surface area contributed by atoms with E-state index in [9.17, 15) is 4.79 Å². The van der Waals surface area contributed by atoms with Gasteiger partial charge in [0.15, 0.2) is 0 Å². The van der Waals surface area contributed by atoms with Crippen LogP contribution in [0.25, 0.3) is 11.3 Å². The molecule has 1 saturated heterocycles. The molecule has 2 aromatic heterocycles. The van der Waals surface area contributed by atoms with Gasteiger partial charge in [0, 0.05) is 50.4 Å². The number of carbonyl (C=O) groups is 1.